The highest BCUT2D eigenvalue weighted by atomic mass is 16.3. The van der Waals surface area contributed by atoms with E-state index in [2.05, 4.69) is 182 Å². The fraction of sp³-hybridized carbons (Fsp3) is 0.0455. The third-order valence-corrected chi connectivity index (χ3v) is 9.76. The van der Waals surface area contributed by atoms with E-state index in [1.165, 1.54) is 38.9 Å². The highest BCUT2D eigenvalue weighted by Gasteiger charge is 2.40. The predicted molar refractivity (Wildman–Crippen MR) is 191 cm³/mol. The van der Waals surface area contributed by atoms with Gasteiger partial charge in [0, 0.05) is 39.3 Å². The summed E-state index contributed by atoms with van der Waals surface area (Å²) in [6.07, 6.45) is 0. The van der Waals surface area contributed by atoms with E-state index in [4.69, 9.17) is 4.42 Å². The molecule has 0 atom stereocenters. The van der Waals surface area contributed by atoms with E-state index >= 15 is 0 Å². The van der Waals surface area contributed by atoms with E-state index in [9.17, 15) is 0 Å². The average molecular weight is 590 g/mol. The molecule has 8 aromatic rings. The molecule has 0 aliphatic heterocycles. The second-order valence-electron chi connectivity index (χ2n) is 12.3. The number of hydrogen-bond donors (Lipinski definition) is 0. The van der Waals surface area contributed by atoms with Crippen molar-refractivity contribution in [3.8, 4) is 22.3 Å². The number of furan rings is 1. The standard InChI is InChI=1S/C44H31NO/c1-44(40-18-10-8-16-36(40)37-17-9-11-19-41(37)44)32-22-26-38-39-27-25-35(29-43(39)46-42(38)28-32)45(33-14-6-3-7-15-33)34-23-20-31(21-24-34)30-12-4-2-5-13-30/h2-29H,1H3. The van der Waals surface area contributed by atoms with Crippen molar-refractivity contribution in [2.45, 2.75) is 12.3 Å². The molecule has 0 saturated carbocycles. The minimum atomic E-state index is -0.262. The van der Waals surface area contributed by atoms with Crippen LogP contribution in [-0.4, -0.2) is 0 Å². The van der Waals surface area contributed by atoms with Crippen molar-refractivity contribution in [1.29, 1.82) is 0 Å². The van der Waals surface area contributed by atoms with Crippen LogP contribution in [0.5, 0.6) is 0 Å². The topological polar surface area (TPSA) is 16.4 Å². The van der Waals surface area contributed by atoms with Gasteiger partial charge in [-0.2, -0.15) is 0 Å². The fourth-order valence-corrected chi connectivity index (χ4v) is 7.44. The van der Waals surface area contributed by atoms with Crippen LogP contribution in [0.2, 0.25) is 0 Å². The number of nitrogens with zero attached hydrogens (tertiary/aromatic N) is 1. The molecule has 1 aromatic heterocycles. The second-order valence-corrected chi connectivity index (χ2v) is 12.3. The van der Waals surface area contributed by atoms with Crippen LogP contribution in [0.3, 0.4) is 0 Å². The van der Waals surface area contributed by atoms with Gasteiger partial charge in [-0.15, -0.1) is 0 Å². The van der Waals surface area contributed by atoms with Gasteiger partial charge in [-0.25, -0.2) is 0 Å². The lowest BCUT2D eigenvalue weighted by molar-refractivity contribution is 0.662. The van der Waals surface area contributed by atoms with Crippen LogP contribution in [-0.2, 0) is 5.41 Å². The Bertz CT molecular complexity index is 2320. The molecule has 1 heterocycles. The summed E-state index contributed by atoms with van der Waals surface area (Å²) in [5.41, 5.74) is 13.7. The maximum absolute atomic E-state index is 6.69. The highest BCUT2D eigenvalue weighted by Crippen LogP contribution is 2.52. The van der Waals surface area contributed by atoms with Crippen molar-refractivity contribution >= 4 is 39.0 Å². The molecule has 0 N–H and O–H groups in total. The number of para-hydroxylation sites is 1. The lowest BCUT2D eigenvalue weighted by Gasteiger charge is -2.28. The zero-order valence-corrected chi connectivity index (χ0v) is 25.5. The Kier molecular flexibility index (Phi) is 5.97. The first-order valence-corrected chi connectivity index (χ1v) is 15.9. The molecule has 0 fully saturated rings. The van der Waals surface area contributed by atoms with Gasteiger partial charge in [-0.3, -0.25) is 0 Å². The maximum Gasteiger partial charge on any atom is 0.137 e. The SMILES string of the molecule is CC1(c2ccc3c(c2)oc2cc(N(c4ccccc4)c4ccc(-c5ccccc5)cc4)ccc23)c2ccccc2-c2ccccc21. The molecule has 0 amide bonds. The number of anilines is 3. The van der Waals surface area contributed by atoms with Gasteiger partial charge in [0.05, 0.1) is 0 Å². The second kappa shape index (κ2) is 10.4. The maximum atomic E-state index is 6.69. The summed E-state index contributed by atoms with van der Waals surface area (Å²) in [7, 11) is 0. The van der Waals surface area contributed by atoms with Gasteiger partial charge >= 0.3 is 0 Å². The van der Waals surface area contributed by atoms with Crippen molar-refractivity contribution in [3.63, 3.8) is 0 Å². The largest absolute Gasteiger partial charge is 0.456 e. The molecule has 1 aliphatic carbocycles. The van der Waals surface area contributed by atoms with Crippen molar-refractivity contribution in [1.82, 2.24) is 0 Å². The molecule has 1 aliphatic rings. The van der Waals surface area contributed by atoms with Gasteiger partial charge in [0.25, 0.3) is 0 Å². The molecule has 0 bridgehead atoms. The van der Waals surface area contributed by atoms with Gasteiger partial charge in [0.1, 0.15) is 11.2 Å². The normalized spacial score (nSPS) is 13.1. The van der Waals surface area contributed by atoms with Crippen molar-refractivity contribution < 1.29 is 4.42 Å². The molecule has 0 spiro atoms. The van der Waals surface area contributed by atoms with Crippen LogP contribution < -0.4 is 4.90 Å². The summed E-state index contributed by atoms with van der Waals surface area (Å²) in [6, 6.07) is 60.8. The zero-order valence-electron chi connectivity index (χ0n) is 25.5. The minimum Gasteiger partial charge on any atom is -0.456 e. The monoisotopic (exact) mass is 589 g/mol. The van der Waals surface area contributed by atoms with Crippen LogP contribution in [0.4, 0.5) is 17.1 Å². The van der Waals surface area contributed by atoms with E-state index < -0.39 is 0 Å². The van der Waals surface area contributed by atoms with Gasteiger partial charge in [-0.1, -0.05) is 121 Å². The van der Waals surface area contributed by atoms with Crippen molar-refractivity contribution in [2.75, 3.05) is 4.90 Å². The summed E-state index contributed by atoms with van der Waals surface area (Å²) in [5.74, 6) is 0. The Morgan fingerprint density at radius 1 is 0.435 bits per heavy atom. The molecule has 2 heteroatoms. The van der Waals surface area contributed by atoms with Crippen molar-refractivity contribution in [3.05, 3.63) is 187 Å². The van der Waals surface area contributed by atoms with Crippen LogP contribution in [0.1, 0.15) is 23.6 Å². The smallest absolute Gasteiger partial charge is 0.137 e. The number of benzene rings is 7. The first-order valence-electron chi connectivity index (χ1n) is 15.9. The third kappa shape index (κ3) is 4.04. The average Bonchev–Trinajstić information content (AvgIpc) is 3.62. The van der Waals surface area contributed by atoms with E-state index in [1.54, 1.807) is 0 Å². The number of rotatable bonds is 5. The Morgan fingerprint density at radius 3 is 1.61 bits per heavy atom. The lowest BCUT2D eigenvalue weighted by Crippen LogP contribution is -2.22. The molecule has 7 aromatic carbocycles. The molecule has 46 heavy (non-hydrogen) atoms. The first kappa shape index (κ1) is 26.5. The van der Waals surface area contributed by atoms with Gasteiger partial charge in [0.15, 0.2) is 0 Å². The molecular weight excluding hydrogens is 558 g/mol. The first-order chi connectivity index (χ1) is 22.7. The van der Waals surface area contributed by atoms with Gasteiger partial charge < -0.3 is 9.32 Å². The summed E-state index contributed by atoms with van der Waals surface area (Å²) >= 11 is 0. The number of hydrogen-bond acceptors (Lipinski definition) is 2. The summed E-state index contributed by atoms with van der Waals surface area (Å²) < 4.78 is 6.69. The lowest BCUT2D eigenvalue weighted by atomic mass is 9.74. The molecule has 9 rings (SSSR count). The third-order valence-electron chi connectivity index (χ3n) is 9.76. The predicted octanol–water partition coefficient (Wildman–Crippen LogP) is 12.1. The van der Waals surface area contributed by atoms with Crippen LogP contribution in [0, 0.1) is 0 Å². The van der Waals surface area contributed by atoms with E-state index in [-0.39, 0.29) is 5.41 Å². The van der Waals surface area contributed by atoms with E-state index in [1.807, 2.05) is 0 Å². The summed E-state index contributed by atoms with van der Waals surface area (Å²) in [6.45, 7) is 2.35. The summed E-state index contributed by atoms with van der Waals surface area (Å²) in [4.78, 5) is 2.29. The molecule has 2 nitrogen and oxygen atoms in total. The Morgan fingerprint density at radius 2 is 0.935 bits per heavy atom. The minimum absolute atomic E-state index is 0.262. The summed E-state index contributed by atoms with van der Waals surface area (Å²) in [5, 5.41) is 2.25. The van der Waals surface area contributed by atoms with Gasteiger partial charge in [-0.05, 0) is 88.3 Å². The Hall–Kier alpha value is -5.86. The van der Waals surface area contributed by atoms with Crippen molar-refractivity contribution in [2.24, 2.45) is 0 Å². The molecule has 0 unspecified atom stereocenters. The van der Waals surface area contributed by atoms with Gasteiger partial charge in [0.2, 0.25) is 0 Å². The Labute approximate surface area is 268 Å². The number of fused-ring (bicyclic) bond motifs is 6. The molecule has 0 saturated heterocycles. The molecular formula is C44H31NO. The van der Waals surface area contributed by atoms with Crippen LogP contribution in [0.25, 0.3) is 44.2 Å². The zero-order chi connectivity index (χ0) is 30.7. The fourth-order valence-electron chi connectivity index (χ4n) is 7.44. The van der Waals surface area contributed by atoms with Crippen LogP contribution >= 0.6 is 0 Å². The molecule has 218 valence electrons. The highest BCUT2D eigenvalue weighted by molar-refractivity contribution is 6.06. The van der Waals surface area contributed by atoms with E-state index in [0.717, 1.165) is 39.0 Å². The Balaban J connectivity index is 1.15. The quantitative estimate of drug-likeness (QED) is 0.199. The van der Waals surface area contributed by atoms with Crippen LogP contribution in [0.15, 0.2) is 174 Å². The molecule has 0 radical (unpaired) electrons. The van der Waals surface area contributed by atoms with E-state index in [0.29, 0.717) is 0 Å².